The topological polar surface area (TPSA) is 65.1 Å². The molecule has 0 aliphatic carbocycles. The SMILES string of the molecule is CN1CCC(Nc2ncc3oc(C#N)c(CC(F)F)c3c2Br)CC1. The number of fused-ring (bicyclic) bond motifs is 1. The molecule has 0 unspecified atom stereocenters. The molecule has 1 aliphatic heterocycles. The Morgan fingerprint density at radius 3 is 2.83 bits per heavy atom. The Morgan fingerprint density at radius 1 is 1.50 bits per heavy atom. The number of hydrogen-bond donors (Lipinski definition) is 1. The van der Waals surface area contributed by atoms with Crippen molar-refractivity contribution in [3.8, 4) is 6.07 Å². The molecule has 5 nitrogen and oxygen atoms in total. The van der Waals surface area contributed by atoms with Crippen molar-refractivity contribution in [2.24, 2.45) is 0 Å². The van der Waals surface area contributed by atoms with E-state index in [1.54, 1.807) is 0 Å². The monoisotopic (exact) mass is 398 g/mol. The fourth-order valence-electron chi connectivity index (χ4n) is 3.00. The van der Waals surface area contributed by atoms with Crippen molar-refractivity contribution in [1.82, 2.24) is 9.88 Å². The minimum absolute atomic E-state index is 0.0794. The standard InChI is InChI=1S/C16H17BrF2N4O/c1-23-4-2-9(3-5-23)22-16-15(17)14-10(6-13(18)19)11(7-20)24-12(14)8-21-16/h8-9,13H,2-6H2,1H3,(H,21,22). The molecule has 1 fully saturated rings. The maximum Gasteiger partial charge on any atom is 0.242 e. The molecule has 0 amide bonds. The predicted molar refractivity (Wildman–Crippen MR) is 90.3 cm³/mol. The Bertz CT molecular complexity index is 778. The first-order chi connectivity index (χ1) is 11.5. The molecule has 1 aliphatic rings. The lowest BCUT2D eigenvalue weighted by molar-refractivity contribution is 0.149. The summed E-state index contributed by atoms with van der Waals surface area (Å²) in [6.45, 7) is 2.00. The van der Waals surface area contributed by atoms with Crippen LogP contribution in [0.5, 0.6) is 0 Å². The van der Waals surface area contributed by atoms with Crippen LogP contribution in [-0.2, 0) is 6.42 Å². The normalized spacial score (nSPS) is 16.7. The number of piperidine rings is 1. The number of pyridine rings is 1. The van der Waals surface area contributed by atoms with Crippen LogP contribution in [0.25, 0.3) is 11.0 Å². The van der Waals surface area contributed by atoms with Crippen molar-refractivity contribution in [3.63, 3.8) is 0 Å². The van der Waals surface area contributed by atoms with Crippen molar-refractivity contribution >= 4 is 32.7 Å². The van der Waals surface area contributed by atoms with Crippen LogP contribution < -0.4 is 5.32 Å². The third kappa shape index (κ3) is 3.37. The smallest absolute Gasteiger partial charge is 0.242 e. The van der Waals surface area contributed by atoms with Crippen molar-refractivity contribution in [2.45, 2.75) is 31.7 Å². The van der Waals surface area contributed by atoms with Gasteiger partial charge in [-0.1, -0.05) is 0 Å². The molecule has 1 N–H and O–H groups in total. The van der Waals surface area contributed by atoms with Gasteiger partial charge < -0.3 is 14.6 Å². The number of rotatable bonds is 4. The van der Waals surface area contributed by atoms with E-state index < -0.39 is 12.8 Å². The Morgan fingerprint density at radius 2 is 2.21 bits per heavy atom. The van der Waals surface area contributed by atoms with E-state index in [-0.39, 0.29) is 17.4 Å². The van der Waals surface area contributed by atoms with Crippen LogP contribution in [0.4, 0.5) is 14.6 Å². The highest BCUT2D eigenvalue weighted by atomic mass is 79.9. The minimum Gasteiger partial charge on any atom is -0.444 e. The molecule has 128 valence electrons. The summed E-state index contributed by atoms with van der Waals surface area (Å²) in [5.74, 6) is 0.516. The van der Waals surface area contributed by atoms with Gasteiger partial charge in [-0.15, -0.1) is 0 Å². The number of nitriles is 1. The largest absolute Gasteiger partial charge is 0.444 e. The number of furan rings is 1. The van der Waals surface area contributed by atoms with Gasteiger partial charge in [-0.05, 0) is 48.9 Å². The second-order valence-electron chi connectivity index (χ2n) is 6.00. The second-order valence-corrected chi connectivity index (χ2v) is 6.79. The number of nitrogens with one attached hydrogen (secondary N) is 1. The first-order valence-corrected chi connectivity index (χ1v) is 8.52. The average Bonchev–Trinajstić information content (AvgIpc) is 2.90. The number of nitrogens with zero attached hydrogens (tertiary/aromatic N) is 3. The van der Waals surface area contributed by atoms with Gasteiger partial charge in [0.1, 0.15) is 11.9 Å². The zero-order valence-electron chi connectivity index (χ0n) is 13.2. The number of halogens is 3. The second kappa shape index (κ2) is 7.03. The van der Waals surface area contributed by atoms with Crippen molar-refractivity contribution in [1.29, 1.82) is 5.26 Å². The van der Waals surface area contributed by atoms with Gasteiger partial charge in [0, 0.05) is 23.4 Å². The Hall–Kier alpha value is -1.72. The van der Waals surface area contributed by atoms with Gasteiger partial charge in [0.05, 0.1) is 10.7 Å². The summed E-state index contributed by atoms with van der Waals surface area (Å²) in [5, 5.41) is 13.0. The molecule has 0 radical (unpaired) electrons. The predicted octanol–water partition coefficient (Wildman–Crippen LogP) is 3.78. The fraction of sp³-hybridized carbons (Fsp3) is 0.500. The maximum atomic E-state index is 12.9. The third-order valence-electron chi connectivity index (χ3n) is 4.29. The highest BCUT2D eigenvalue weighted by Crippen LogP contribution is 2.37. The van der Waals surface area contributed by atoms with E-state index in [2.05, 4.69) is 38.2 Å². The summed E-state index contributed by atoms with van der Waals surface area (Å²) >= 11 is 3.45. The maximum absolute atomic E-state index is 12.9. The number of alkyl halides is 2. The van der Waals surface area contributed by atoms with Gasteiger partial charge in [0.25, 0.3) is 0 Å². The Kier molecular flexibility index (Phi) is 5.01. The number of likely N-dealkylation sites (tertiary alicyclic amines) is 1. The molecule has 0 atom stereocenters. The van der Waals surface area contributed by atoms with E-state index in [0.29, 0.717) is 21.3 Å². The van der Waals surface area contributed by atoms with E-state index >= 15 is 0 Å². The lowest BCUT2D eigenvalue weighted by Gasteiger charge is -2.30. The highest BCUT2D eigenvalue weighted by molar-refractivity contribution is 9.10. The van der Waals surface area contributed by atoms with Gasteiger partial charge in [-0.25, -0.2) is 13.8 Å². The van der Waals surface area contributed by atoms with Crippen LogP contribution >= 0.6 is 15.9 Å². The quantitative estimate of drug-likeness (QED) is 0.848. The van der Waals surface area contributed by atoms with Crippen molar-refractivity contribution in [2.75, 3.05) is 25.5 Å². The molecular weight excluding hydrogens is 382 g/mol. The zero-order chi connectivity index (χ0) is 17.3. The van der Waals surface area contributed by atoms with Gasteiger partial charge in [-0.2, -0.15) is 5.26 Å². The summed E-state index contributed by atoms with van der Waals surface area (Å²) in [6, 6.07) is 2.13. The summed E-state index contributed by atoms with van der Waals surface area (Å²) < 4.78 is 31.7. The first kappa shape index (κ1) is 17.1. The van der Waals surface area contributed by atoms with Gasteiger partial charge in [0.15, 0.2) is 5.58 Å². The molecule has 0 spiro atoms. The van der Waals surface area contributed by atoms with Crippen LogP contribution in [0.3, 0.4) is 0 Å². The minimum atomic E-state index is -2.55. The van der Waals surface area contributed by atoms with Crippen LogP contribution in [0.2, 0.25) is 0 Å². The van der Waals surface area contributed by atoms with E-state index in [4.69, 9.17) is 9.68 Å². The fourth-order valence-corrected chi connectivity index (χ4v) is 3.65. The van der Waals surface area contributed by atoms with Crippen LogP contribution in [0.15, 0.2) is 15.1 Å². The summed E-state index contributed by atoms with van der Waals surface area (Å²) in [5.41, 5.74) is 0.561. The first-order valence-electron chi connectivity index (χ1n) is 7.72. The lowest BCUT2D eigenvalue weighted by atomic mass is 10.1. The van der Waals surface area contributed by atoms with E-state index in [1.165, 1.54) is 6.20 Å². The van der Waals surface area contributed by atoms with Crippen LogP contribution in [0, 0.1) is 11.3 Å². The number of anilines is 1. The van der Waals surface area contributed by atoms with E-state index in [9.17, 15) is 8.78 Å². The molecule has 2 aromatic rings. The van der Waals surface area contributed by atoms with Crippen molar-refractivity contribution in [3.05, 3.63) is 22.0 Å². The Balaban J connectivity index is 1.96. The Labute approximate surface area is 146 Å². The van der Waals surface area contributed by atoms with Gasteiger partial charge in [0.2, 0.25) is 12.2 Å². The van der Waals surface area contributed by atoms with E-state index in [1.807, 2.05) is 6.07 Å². The molecule has 1 saturated heterocycles. The van der Waals surface area contributed by atoms with Gasteiger partial charge >= 0.3 is 0 Å². The highest BCUT2D eigenvalue weighted by Gasteiger charge is 2.24. The molecule has 0 aromatic carbocycles. The number of hydrogen-bond acceptors (Lipinski definition) is 5. The van der Waals surface area contributed by atoms with Crippen molar-refractivity contribution < 1.29 is 13.2 Å². The summed E-state index contributed by atoms with van der Waals surface area (Å²) in [6.07, 6.45) is 0.380. The molecule has 0 bridgehead atoms. The van der Waals surface area contributed by atoms with Gasteiger partial charge in [-0.3, -0.25) is 0 Å². The average molecular weight is 399 g/mol. The molecule has 24 heavy (non-hydrogen) atoms. The van der Waals surface area contributed by atoms with Crippen LogP contribution in [0.1, 0.15) is 24.2 Å². The molecule has 3 heterocycles. The molecule has 8 heteroatoms. The zero-order valence-corrected chi connectivity index (χ0v) is 14.7. The molecule has 2 aromatic heterocycles. The lowest BCUT2D eigenvalue weighted by Crippen LogP contribution is -2.36. The third-order valence-corrected chi connectivity index (χ3v) is 5.06. The van der Waals surface area contributed by atoms with E-state index in [0.717, 1.165) is 25.9 Å². The molecule has 3 rings (SSSR count). The summed E-state index contributed by atoms with van der Waals surface area (Å²) in [4.78, 5) is 6.59. The summed E-state index contributed by atoms with van der Waals surface area (Å²) in [7, 11) is 2.09. The van der Waals surface area contributed by atoms with Crippen LogP contribution in [-0.4, -0.2) is 42.5 Å². The molecular formula is C16H17BrF2N4O. The number of aromatic nitrogens is 1. The molecule has 0 saturated carbocycles.